The second-order valence-corrected chi connectivity index (χ2v) is 14.5. The first-order chi connectivity index (χ1) is 19.4. The molecular formula is C25H29F6N5O4S2. The second-order valence-electron chi connectivity index (χ2n) is 11.3. The Kier molecular flexibility index (Phi) is 7.72. The van der Waals surface area contributed by atoms with Gasteiger partial charge in [0, 0.05) is 54.4 Å². The molecule has 17 heteroatoms. The molecule has 0 unspecified atom stereocenters. The third-order valence-electron chi connectivity index (χ3n) is 7.80. The van der Waals surface area contributed by atoms with Gasteiger partial charge in [-0.15, -0.1) is 11.3 Å². The number of nitrogens with one attached hydrogen (secondary N) is 1. The molecule has 9 nitrogen and oxygen atoms in total. The van der Waals surface area contributed by atoms with Crippen LogP contribution in [-0.2, 0) is 6.18 Å². The van der Waals surface area contributed by atoms with Crippen molar-refractivity contribution in [1.82, 2.24) is 19.8 Å². The van der Waals surface area contributed by atoms with E-state index in [1.165, 1.54) is 9.80 Å². The van der Waals surface area contributed by atoms with E-state index in [0.29, 0.717) is 36.8 Å². The van der Waals surface area contributed by atoms with Gasteiger partial charge in [-0.3, -0.25) is 18.7 Å². The average molecular weight is 642 g/mol. The molecular weight excluding hydrogens is 612 g/mol. The van der Waals surface area contributed by atoms with Gasteiger partial charge in [0.1, 0.15) is 17.6 Å². The Balaban J connectivity index is 1.53. The van der Waals surface area contributed by atoms with E-state index < -0.39 is 63.2 Å². The number of hydrogen-bond donors (Lipinski definition) is 3. The summed E-state index contributed by atoms with van der Waals surface area (Å²) in [6.45, 7) is 3.34. The number of rotatable bonds is 5. The van der Waals surface area contributed by atoms with Crippen molar-refractivity contribution in [2.24, 2.45) is 5.41 Å². The van der Waals surface area contributed by atoms with Gasteiger partial charge in [-0.1, -0.05) is 0 Å². The molecule has 0 radical (unpaired) electrons. The number of alkyl halides is 6. The summed E-state index contributed by atoms with van der Waals surface area (Å²) in [5.74, 6) is -1.59. The first kappa shape index (κ1) is 30.8. The molecule has 0 aromatic carbocycles. The van der Waals surface area contributed by atoms with Gasteiger partial charge in [0.2, 0.25) is 0 Å². The van der Waals surface area contributed by atoms with E-state index in [9.17, 15) is 45.0 Å². The Morgan fingerprint density at radius 2 is 1.81 bits per heavy atom. The summed E-state index contributed by atoms with van der Waals surface area (Å²) in [6, 6.07) is -1.95. The molecule has 2 amide bonds. The number of anilines is 1. The van der Waals surface area contributed by atoms with Crippen LogP contribution in [0.4, 0.5) is 32.2 Å². The van der Waals surface area contributed by atoms with E-state index in [0.717, 1.165) is 19.5 Å². The van der Waals surface area contributed by atoms with Crippen LogP contribution < -0.4 is 5.32 Å². The van der Waals surface area contributed by atoms with Crippen molar-refractivity contribution in [2.75, 3.05) is 36.5 Å². The average Bonchev–Trinajstić information content (AvgIpc) is 3.29. The highest BCUT2D eigenvalue weighted by atomic mass is 32.3. The number of likely N-dealkylation sites (tertiary alicyclic amines) is 2. The van der Waals surface area contributed by atoms with Crippen molar-refractivity contribution < 1.29 is 45.0 Å². The molecule has 0 bridgehead atoms. The van der Waals surface area contributed by atoms with Crippen LogP contribution in [-0.4, -0.2) is 90.1 Å². The predicted molar refractivity (Wildman–Crippen MR) is 145 cm³/mol. The lowest BCUT2D eigenvalue weighted by Gasteiger charge is -2.63. The van der Waals surface area contributed by atoms with Crippen LogP contribution in [0.5, 0.6) is 0 Å². The highest BCUT2D eigenvalue weighted by Crippen LogP contribution is 2.62. The van der Waals surface area contributed by atoms with Crippen LogP contribution in [0.1, 0.15) is 59.0 Å². The smallest absolute Gasteiger partial charge is 0.359 e. The molecule has 0 saturated carbocycles. The minimum absolute atomic E-state index is 0.164. The second kappa shape index (κ2) is 10.5. The monoisotopic (exact) mass is 641 g/mol. The Labute approximate surface area is 242 Å². The molecule has 232 valence electrons. The number of aromatic nitrogens is 2. The van der Waals surface area contributed by atoms with E-state index in [1.54, 1.807) is 0 Å². The highest BCUT2D eigenvalue weighted by Gasteiger charge is 2.57. The summed E-state index contributed by atoms with van der Waals surface area (Å²) in [5.41, 5.74) is -2.69. The first-order valence-electron chi connectivity index (χ1n) is 13.1. The maximum absolute atomic E-state index is 14.3. The summed E-state index contributed by atoms with van der Waals surface area (Å²) in [5, 5.41) is 1.71. The fraction of sp³-hybridized carbons (Fsp3) is 0.600. The van der Waals surface area contributed by atoms with Crippen molar-refractivity contribution >= 4 is 39.6 Å². The van der Waals surface area contributed by atoms with E-state index in [-0.39, 0.29) is 46.2 Å². The van der Waals surface area contributed by atoms with Gasteiger partial charge in [0.05, 0.1) is 10.4 Å². The van der Waals surface area contributed by atoms with E-state index in [2.05, 4.69) is 9.97 Å². The zero-order valence-corrected chi connectivity index (χ0v) is 24.2. The topological polar surface area (TPSA) is 119 Å². The zero-order valence-electron chi connectivity index (χ0n) is 22.6. The molecule has 3 fully saturated rings. The van der Waals surface area contributed by atoms with Crippen LogP contribution in [0.15, 0.2) is 12.3 Å². The number of piperidine rings is 1. The lowest BCUT2D eigenvalue weighted by atomic mass is 9.83. The molecule has 5 rings (SSSR count). The molecule has 3 aliphatic rings. The largest absolute Gasteiger partial charge is 0.417 e. The fourth-order valence-corrected chi connectivity index (χ4v) is 8.98. The number of pyridine rings is 1. The van der Waals surface area contributed by atoms with Crippen molar-refractivity contribution in [3.8, 4) is 10.4 Å². The maximum atomic E-state index is 14.3. The highest BCUT2D eigenvalue weighted by molar-refractivity contribution is 8.25. The van der Waals surface area contributed by atoms with Gasteiger partial charge in [-0.2, -0.15) is 36.9 Å². The Morgan fingerprint density at radius 3 is 2.38 bits per heavy atom. The number of amides is 2. The van der Waals surface area contributed by atoms with Crippen LogP contribution >= 0.6 is 21.9 Å². The summed E-state index contributed by atoms with van der Waals surface area (Å²) in [6.07, 6.45) is -6.80. The summed E-state index contributed by atoms with van der Waals surface area (Å²) >= 11 is 0.588. The molecule has 0 aliphatic carbocycles. The first-order valence-corrected chi connectivity index (χ1v) is 15.8. The SMILES string of the molecule is C[C@H](Nc1cc(C(F)(F)F)c(-c2sc(C(=O)N3CC4(C3)CS(O)(O)C4)nc2C(=O)N2CCCC[C@@H]2C)cn1)C(F)(F)F. The maximum Gasteiger partial charge on any atom is 0.417 e. The molecule has 5 heterocycles. The van der Waals surface area contributed by atoms with Gasteiger partial charge < -0.3 is 15.1 Å². The quantitative estimate of drug-likeness (QED) is 0.353. The van der Waals surface area contributed by atoms with Gasteiger partial charge in [-0.25, -0.2) is 9.97 Å². The van der Waals surface area contributed by atoms with Gasteiger partial charge >= 0.3 is 12.4 Å². The van der Waals surface area contributed by atoms with Crippen LogP contribution in [0.2, 0.25) is 0 Å². The number of thiazole rings is 1. The predicted octanol–water partition coefficient (Wildman–Crippen LogP) is 5.81. The third kappa shape index (κ3) is 5.92. The normalized spacial score (nSPS) is 23.1. The molecule has 3 saturated heterocycles. The standard InChI is InChI=1S/C25H29F6N5O4S2/c1-13-5-3-4-6-36(13)21(37)18-19(41-20(34-18)22(38)35-9-23(10-35)11-42(39,40)12-23)15-8-32-17(7-16(15)25(29,30)31)33-14(2)24(26,27)28/h7-8,13-14,39-40H,3-6,9-12H2,1-2H3,(H,32,33)/t13-,14-/m0/s1. The van der Waals surface area contributed by atoms with Gasteiger partial charge in [0.15, 0.2) is 5.01 Å². The van der Waals surface area contributed by atoms with E-state index in [1.807, 2.05) is 12.2 Å². The Morgan fingerprint density at radius 1 is 1.14 bits per heavy atom. The van der Waals surface area contributed by atoms with Gasteiger partial charge in [-0.05, 0) is 39.2 Å². The number of carbonyl (C=O) groups is 2. The summed E-state index contributed by atoms with van der Waals surface area (Å²) in [4.78, 5) is 37.6. The van der Waals surface area contributed by atoms with E-state index >= 15 is 0 Å². The number of hydrogen-bond acceptors (Lipinski definition) is 8. The third-order valence-corrected chi connectivity index (χ3v) is 11.0. The Hall–Kier alpha value is -2.63. The summed E-state index contributed by atoms with van der Waals surface area (Å²) in [7, 11) is -2.65. The fourth-order valence-electron chi connectivity index (χ4n) is 5.69. The van der Waals surface area contributed by atoms with Gasteiger partial charge in [0.25, 0.3) is 11.8 Å². The molecule has 2 aromatic heterocycles. The zero-order chi connectivity index (χ0) is 30.8. The minimum atomic E-state index is -5.04. The number of nitrogens with zero attached hydrogens (tertiary/aromatic N) is 4. The van der Waals surface area contributed by atoms with Crippen LogP contribution in [0.3, 0.4) is 0 Å². The lowest BCUT2D eigenvalue weighted by Crippen LogP contribution is -2.67. The molecule has 1 spiro atoms. The Bertz CT molecular complexity index is 1380. The number of halogens is 6. The minimum Gasteiger partial charge on any atom is -0.359 e. The lowest BCUT2D eigenvalue weighted by molar-refractivity contribution is -0.138. The van der Waals surface area contributed by atoms with Crippen LogP contribution in [0, 0.1) is 5.41 Å². The van der Waals surface area contributed by atoms with Crippen LogP contribution in [0.25, 0.3) is 10.4 Å². The van der Waals surface area contributed by atoms with E-state index in [4.69, 9.17) is 0 Å². The summed E-state index contributed by atoms with van der Waals surface area (Å²) < 4.78 is 101. The van der Waals surface area contributed by atoms with Crippen molar-refractivity contribution in [3.05, 3.63) is 28.5 Å². The van der Waals surface area contributed by atoms with Crippen molar-refractivity contribution in [3.63, 3.8) is 0 Å². The molecule has 3 aliphatic heterocycles. The van der Waals surface area contributed by atoms with Crippen molar-refractivity contribution in [2.45, 2.75) is 57.5 Å². The molecule has 3 N–H and O–H groups in total. The molecule has 2 aromatic rings. The number of carbonyl (C=O) groups excluding carboxylic acids is 2. The molecule has 2 atom stereocenters. The molecule has 42 heavy (non-hydrogen) atoms. The van der Waals surface area contributed by atoms with Crippen molar-refractivity contribution in [1.29, 1.82) is 0 Å².